The lowest BCUT2D eigenvalue weighted by Crippen LogP contribution is -2.48. The number of rotatable bonds is 12. The Labute approximate surface area is 246 Å². The first-order valence-corrected chi connectivity index (χ1v) is 15.7. The normalized spacial score (nSPS) is 18.6. The molecule has 2 amide bonds. The molecule has 2 aromatic heterocycles. The summed E-state index contributed by atoms with van der Waals surface area (Å²) in [7, 11) is -4.89. The second kappa shape index (κ2) is 13.3. The van der Waals surface area contributed by atoms with Crippen LogP contribution in [0.4, 0.5) is 0 Å². The minimum atomic E-state index is -4.89. The average Bonchev–Trinajstić information content (AvgIpc) is 3.66. The van der Waals surface area contributed by atoms with Crippen molar-refractivity contribution in [3.63, 3.8) is 0 Å². The summed E-state index contributed by atoms with van der Waals surface area (Å²) in [4.78, 5) is 63.5. The fraction of sp³-hybridized carbons (Fsp3) is 0.444. The number of amides is 2. The number of hydrogen-bond acceptors (Lipinski definition) is 10. The number of carbonyl (C=O) groups excluding carboxylic acids is 3. The van der Waals surface area contributed by atoms with Gasteiger partial charge in [0.25, 0.3) is 5.88 Å². The Kier molecular flexibility index (Phi) is 9.95. The van der Waals surface area contributed by atoms with Crippen LogP contribution in [0.15, 0.2) is 40.4 Å². The Morgan fingerprint density at radius 2 is 1.98 bits per heavy atom. The number of phosphoric acid groups is 1. The molecule has 0 unspecified atom stereocenters. The summed E-state index contributed by atoms with van der Waals surface area (Å²) in [6, 6.07) is 7.61. The molecule has 0 aliphatic carbocycles. The number of thiazole rings is 1. The summed E-state index contributed by atoms with van der Waals surface area (Å²) < 4.78 is 27.0. The molecule has 1 aromatic carbocycles. The fourth-order valence-corrected chi connectivity index (χ4v) is 6.33. The Bertz CT molecular complexity index is 1450. The molecule has 0 bridgehead atoms. The van der Waals surface area contributed by atoms with Gasteiger partial charge in [0, 0.05) is 19.0 Å². The molecule has 226 valence electrons. The minimum absolute atomic E-state index is 0.0271. The van der Waals surface area contributed by atoms with Gasteiger partial charge in [-0.15, -0.1) is 11.3 Å². The van der Waals surface area contributed by atoms with E-state index >= 15 is 0 Å². The number of hydrogen-bond donors (Lipinski definition) is 3. The van der Waals surface area contributed by atoms with Gasteiger partial charge < -0.3 is 29.3 Å². The van der Waals surface area contributed by atoms with Crippen molar-refractivity contribution in [3.05, 3.63) is 52.9 Å². The first-order valence-electron chi connectivity index (χ1n) is 13.3. The molecule has 1 aliphatic heterocycles. The number of nitrogens with zero attached hydrogens (tertiary/aromatic N) is 3. The van der Waals surface area contributed by atoms with Crippen molar-refractivity contribution in [3.8, 4) is 16.3 Å². The number of phosphoric ester groups is 1. The van der Waals surface area contributed by atoms with Gasteiger partial charge in [-0.05, 0) is 36.0 Å². The molecular formula is C27H33N4O9PS. The number of ether oxygens (including phenoxy) is 1. The van der Waals surface area contributed by atoms with Gasteiger partial charge >= 0.3 is 7.82 Å². The third-order valence-electron chi connectivity index (χ3n) is 6.96. The van der Waals surface area contributed by atoms with Crippen LogP contribution in [0.5, 0.6) is 5.88 Å². The number of carbonyl (C=O) groups is 3. The van der Waals surface area contributed by atoms with Crippen molar-refractivity contribution < 1.29 is 42.5 Å². The molecule has 1 fully saturated rings. The van der Waals surface area contributed by atoms with Gasteiger partial charge in [-0.3, -0.25) is 18.9 Å². The van der Waals surface area contributed by atoms with Crippen LogP contribution in [0.1, 0.15) is 56.2 Å². The van der Waals surface area contributed by atoms with Crippen LogP contribution in [0.3, 0.4) is 0 Å². The highest BCUT2D eigenvalue weighted by Gasteiger charge is 2.45. The molecule has 4 rings (SSSR count). The summed E-state index contributed by atoms with van der Waals surface area (Å²) in [5.41, 5.74) is 4.56. The molecule has 3 aromatic rings. The fourth-order valence-electron chi connectivity index (χ4n) is 4.98. The Morgan fingerprint density at radius 3 is 2.57 bits per heavy atom. The summed E-state index contributed by atoms with van der Waals surface area (Å²) in [5.74, 6) is -2.01. The maximum Gasteiger partial charge on any atom is 0.469 e. The molecule has 3 N–H and O–H groups in total. The Morgan fingerprint density at radius 1 is 1.26 bits per heavy atom. The monoisotopic (exact) mass is 620 g/mol. The van der Waals surface area contributed by atoms with Crippen molar-refractivity contribution >= 4 is 37.3 Å². The first-order chi connectivity index (χ1) is 19.9. The van der Waals surface area contributed by atoms with Gasteiger partial charge in [0.2, 0.25) is 11.8 Å². The highest BCUT2D eigenvalue weighted by atomic mass is 32.1. The van der Waals surface area contributed by atoms with E-state index in [1.54, 1.807) is 30.7 Å². The number of benzene rings is 1. The van der Waals surface area contributed by atoms with Crippen molar-refractivity contribution in [2.24, 2.45) is 5.92 Å². The van der Waals surface area contributed by atoms with Crippen LogP contribution in [0.2, 0.25) is 0 Å². The van der Waals surface area contributed by atoms with Crippen LogP contribution < -0.4 is 10.1 Å². The highest BCUT2D eigenvalue weighted by molar-refractivity contribution is 7.46. The van der Waals surface area contributed by atoms with Gasteiger partial charge in [-0.1, -0.05) is 38.1 Å². The van der Waals surface area contributed by atoms with E-state index in [0.29, 0.717) is 6.29 Å². The molecule has 42 heavy (non-hydrogen) atoms. The maximum absolute atomic E-state index is 13.9. The van der Waals surface area contributed by atoms with Gasteiger partial charge in [0.15, 0.2) is 12.0 Å². The lowest BCUT2D eigenvalue weighted by Gasteiger charge is -2.29. The SMILES string of the molecule is Cc1ncsc1-c1ccc([C@H](C)NC(=O)[C@@H]2C[C@@H](OP(=O)(O)O)CN2C(=O)[C@@H](c2cc(OCC=O)no2)C(C)C)cc1. The van der Waals surface area contributed by atoms with E-state index < -0.39 is 43.7 Å². The zero-order valence-corrected chi connectivity index (χ0v) is 25.2. The van der Waals surface area contributed by atoms with Crippen molar-refractivity contribution in [2.45, 2.75) is 58.2 Å². The zero-order chi connectivity index (χ0) is 30.6. The van der Waals surface area contributed by atoms with Gasteiger partial charge in [-0.2, -0.15) is 0 Å². The highest BCUT2D eigenvalue weighted by Crippen LogP contribution is 2.41. The molecule has 0 radical (unpaired) electrons. The predicted octanol–water partition coefficient (Wildman–Crippen LogP) is 3.38. The topological polar surface area (TPSA) is 181 Å². The largest absolute Gasteiger partial charge is 0.469 e. The van der Waals surface area contributed by atoms with E-state index in [9.17, 15) is 28.7 Å². The number of likely N-dealkylation sites (tertiary alicyclic amines) is 1. The molecule has 0 spiro atoms. The molecular weight excluding hydrogens is 587 g/mol. The van der Waals surface area contributed by atoms with Gasteiger partial charge in [0.1, 0.15) is 18.6 Å². The summed E-state index contributed by atoms with van der Waals surface area (Å²) in [5, 5.41) is 6.67. The smallest absolute Gasteiger partial charge is 0.468 e. The number of nitrogens with one attached hydrogen (secondary N) is 1. The number of aldehydes is 1. The van der Waals surface area contributed by atoms with E-state index in [0.717, 1.165) is 21.7 Å². The average molecular weight is 621 g/mol. The van der Waals surface area contributed by atoms with E-state index in [-0.39, 0.29) is 37.1 Å². The zero-order valence-electron chi connectivity index (χ0n) is 23.5. The quantitative estimate of drug-likeness (QED) is 0.199. The molecule has 15 heteroatoms. The second-order valence-corrected chi connectivity index (χ2v) is 12.4. The van der Waals surface area contributed by atoms with Crippen LogP contribution in [0.25, 0.3) is 10.4 Å². The third kappa shape index (κ3) is 7.50. The molecule has 13 nitrogen and oxygen atoms in total. The summed E-state index contributed by atoms with van der Waals surface area (Å²) in [6.45, 7) is 6.85. The van der Waals surface area contributed by atoms with Gasteiger partial charge in [-0.25, -0.2) is 9.55 Å². The molecule has 3 heterocycles. The van der Waals surface area contributed by atoms with E-state index in [1.807, 2.05) is 38.1 Å². The second-order valence-electron chi connectivity index (χ2n) is 10.3. The minimum Gasteiger partial charge on any atom is -0.468 e. The van der Waals surface area contributed by atoms with Crippen LogP contribution in [0, 0.1) is 12.8 Å². The first kappa shape index (κ1) is 31.5. The van der Waals surface area contributed by atoms with Crippen molar-refractivity contribution in [2.75, 3.05) is 13.2 Å². The van der Waals surface area contributed by atoms with Crippen LogP contribution >= 0.6 is 19.2 Å². The Hall–Kier alpha value is -3.42. The Balaban J connectivity index is 1.54. The van der Waals surface area contributed by atoms with Crippen LogP contribution in [-0.4, -0.2) is 68.2 Å². The molecule has 4 atom stereocenters. The number of aryl methyl sites for hydroxylation is 1. The predicted molar refractivity (Wildman–Crippen MR) is 152 cm³/mol. The van der Waals surface area contributed by atoms with Gasteiger partial charge in [0.05, 0.1) is 28.2 Å². The molecule has 0 saturated carbocycles. The summed E-state index contributed by atoms with van der Waals surface area (Å²) in [6.07, 6.45) is -0.642. The summed E-state index contributed by atoms with van der Waals surface area (Å²) >= 11 is 1.54. The van der Waals surface area contributed by atoms with E-state index in [4.69, 9.17) is 13.8 Å². The maximum atomic E-state index is 13.9. The number of aromatic nitrogens is 2. The van der Waals surface area contributed by atoms with E-state index in [2.05, 4.69) is 15.5 Å². The van der Waals surface area contributed by atoms with Crippen molar-refractivity contribution in [1.82, 2.24) is 20.4 Å². The van der Waals surface area contributed by atoms with Crippen molar-refractivity contribution in [1.29, 1.82) is 0 Å². The van der Waals surface area contributed by atoms with Crippen LogP contribution in [-0.2, 0) is 23.5 Å². The lowest BCUT2D eigenvalue weighted by molar-refractivity contribution is -0.141. The third-order valence-corrected chi connectivity index (χ3v) is 8.51. The molecule has 1 saturated heterocycles. The molecule has 1 aliphatic rings. The lowest BCUT2D eigenvalue weighted by atomic mass is 9.91. The standard InChI is InChI=1S/C27H33N4O9PS/c1-15(2)24(22-12-23(30-39-22)38-10-9-32)27(34)31-13-20(40-41(35,36)37)11-21(31)26(33)29-16(3)18-5-7-19(8-6-18)25-17(4)28-14-42-25/h5-9,12,14-16,20-21,24H,10-11,13H2,1-4H3,(H,29,33)(H2,35,36,37)/t16-,20+,21-,24+/m0/s1. The van der Waals surface area contributed by atoms with E-state index in [1.165, 1.54) is 11.0 Å².